The maximum atomic E-state index is 13.3. The van der Waals surface area contributed by atoms with E-state index < -0.39 is 16.9 Å². The highest BCUT2D eigenvalue weighted by atomic mass is 32.2. The quantitative estimate of drug-likeness (QED) is 0.526. The molecule has 0 aromatic heterocycles. The first-order chi connectivity index (χ1) is 15.4. The number of amides is 1. The molecule has 3 N–H and O–H groups in total. The molecule has 4 fully saturated rings. The van der Waals surface area contributed by atoms with Crippen LogP contribution in [0.15, 0.2) is 0 Å². The first-order valence-corrected chi connectivity index (χ1v) is 14.3. The number of nitrogens with one attached hydrogen (secondary N) is 3. The molecule has 6 nitrogen and oxygen atoms in total. The van der Waals surface area contributed by atoms with E-state index >= 15 is 0 Å². The van der Waals surface area contributed by atoms with Gasteiger partial charge in [-0.05, 0) is 69.1 Å². The van der Waals surface area contributed by atoms with Crippen molar-refractivity contribution in [3.8, 4) is 0 Å². The van der Waals surface area contributed by atoms with Gasteiger partial charge in [-0.1, -0.05) is 33.1 Å². The van der Waals surface area contributed by atoms with Crippen molar-refractivity contribution in [3.63, 3.8) is 0 Å². The molecule has 0 spiro atoms. The number of Topliss-reactive ketones (excluding diaryl/α,β-unsaturated/α-hetero) is 1. The monoisotopic (exact) mass is 465 g/mol. The number of rotatable bonds is 6. The molecular formula is C25H43N3O3S. The van der Waals surface area contributed by atoms with Gasteiger partial charge in [-0.25, -0.2) is 8.93 Å². The van der Waals surface area contributed by atoms with Crippen LogP contribution in [0.4, 0.5) is 0 Å². The van der Waals surface area contributed by atoms with E-state index in [0.717, 1.165) is 25.7 Å². The molecule has 182 valence electrons. The fourth-order valence-electron chi connectivity index (χ4n) is 6.80. The maximum Gasteiger partial charge on any atom is 0.231 e. The molecule has 0 radical (unpaired) electrons. The fraction of sp³-hybridized carbons (Fsp3) is 0.920. The van der Waals surface area contributed by atoms with Gasteiger partial charge in [-0.3, -0.25) is 9.59 Å². The van der Waals surface area contributed by atoms with Gasteiger partial charge in [0.1, 0.15) is 5.92 Å². The SMILES string of the molecule is CC1CC(C)CC(NS(=O)C2CCC3NCC(C(=O)NCC4CCCCC4)C(=O)C3C2)C1. The van der Waals surface area contributed by atoms with Gasteiger partial charge in [-0.2, -0.15) is 0 Å². The summed E-state index contributed by atoms with van der Waals surface area (Å²) in [5.41, 5.74) is 0. The third-order valence-electron chi connectivity index (χ3n) is 8.47. The van der Waals surface area contributed by atoms with E-state index in [-0.39, 0.29) is 28.9 Å². The molecule has 1 saturated heterocycles. The Hall–Kier alpha value is -0.790. The van der Waals surface area contributed by atoms with E-state index in [1.165, 1.54) is 38.5 Å². The second kappa shape index (κ2) is 11.1. The van der Waals surface area contributed by atoms with Crippen molar-refractivity contribution >= 4 is 22.7 Å². The van der Waals surface area contributed by atoms with E-state index in [9.17, 15) is 13.8 Å². The Labute approximate surface area is 196 Å². The molecular weight excluding hydrogens is 422 g/mol. The zero-order valence-electron chi connectivity index (χ0n) is 19.9. The van der Waals surface area contributed by atoms with E-state index in [1.54, 1.807) is 0 Å². The fourth-order valence-corrected chi connectivity index (χ4v) is 8.24. The molecule has 1 amide bonds. The van der Waals surface area contributed by atoms with Crippen LogP contribution in [-0.2, 0) is 20.6 Å². The average Bonchev–Trinajstić information content (AvgIpc) is 2.77. The summed E-state index contributed by atoms with van der Waals surface area (Å²) in [6.07, 6.45) is 11.9. The Morgan fingerprint density at radius 2 is 1.72 bits per heavy atom. The molecule has 1 heterocycles. The van der Waals surface area contributed by atoms with Crippen LogP contribution < -0.4 is 15.4 Å². The summed E-state index contributed by atoms with van der Waals surface area (Å²) in [5, 5.41) is 6.54. The number of hydrogen-bond acceptors (Lipinski definition) is 4. The molecule has 7 unspecified atom stereocenters. The lowest BCUT2D eigenvalue weighted by Gasteiger charge is -2.41. The molecule has 32 heavy (non-hydrogen) atoms. The standard InChI is InChI=1S/C25H43N3O3S/c1-16-10-17(2)12-19(11-16)28-32(31)20-8-9-23-21(13-20)24(29)22(15-26-23)25(30)27-14-18-6-4-3-5-7-18/h16-23,26,28H,3-15H2,1-2H3,(H,27,30). The van der Waals surface area contributed by atoms with Gasteiger partial charge in [0, 0.05) is 36.3 Å². The highest BCUT2D eigenvalue weighted by Crippen LogP contribution is 2.34. The molecule has 4 rings (SSSR count). The van der Waals surface area contributed by atoms with Crippen molar-refractivity contribution in [3.05, 3.63) is 0 Å². The highest BCUT2D eigenvalue weighted by molar-refractivity contribution is 7.83. The zero-order valence-corrected chi connectivity index (χ0v) is 20.8. The highest BCUT2D eigenvalue weighted by Gasteiger charge is 2.45. The van der Waals surface area contributed by atoms with E-state index in [4.69, 9.17) is 0 Å². The largest absolute Gasteiger partial charge is 0.355 e. The van der Waals surface area contributed by atoms with Crippen molar-refractivity contribution in [1.82, 2.24) is 15.4 Å². The molecule has 3 saturated carbocycles. The molecule has 3 aliphatic carbocycles. The Bertz CT molecular complexity index is 686. The van der Waals surface area contributed by atoms with Crippen molar-refractivity contribution in [2.75, 3.05) is 13.1 Å². The van der Waals surface area contributed by atoms with Crippen molar-refractivity contribution in [2.24, 2.45) is 29.6 Å². The summed E-state index contributed by atoms with van der Waals surface area (Å²) < 4.78 is 16.6. The Morgan fingerprint density at radius 1 is 1.00 bits per heavy atom. The predicted molar refractivity (Wildman–Crippen MR) is 128 cm³/mol. The summed E-state index contributed by atoms with van der Waals surface area (Å²) in [6.45, 7) is 5.71. The lowest BCUT2D eigenvalue weighted by Crippen LogP contribution is -2.58. The lowest BCUT2D eigenvalue weighted by atomic mass is 9.74. The Kier molecular flexibility index (Phi) is 8.43. The predicted octanol–water partition coefficient (Wildman–Crippen LogP) is 3.09. The van der Waals surface area contributed by atoms with Crippen molar-refractivity contribution in [1.29, 1.82) is 0 Å². The number of carbonyl (C=O) groups excluding carboxylic acids is 2. The number of hydrogen-bond donors (Lipinski definition) is 3. The van der Waals surface area contributed by atoms with Gasteiger partial charge in [0.25, 0.3) is 0 Å². The molecule has 0 aromatic rings. The van der Waals surface area contributed by atoms with E-state index in [2.05, 4.69) is 29.2 Å². The van der Waals surface area contributed by atoms with Crippen LogP contribution in [0, 0.1) is 29.6 Å². The van der Waals surface area contributed by atoms with Gasteiger partial charge in [0.2, 0.25) is 5.91 Å². The molecule has 0 aromatic carbocycles. The summed E-state index contributed by atoms with van der Waals surface area (Å²) in [5.74, 6) is 1.06. The van der Waals surface area contributed by atoms with Gasteiger partial charge >= 0.3 is 0 Å². The molecule has 7 heteroatoms. The van der Waals surface area contributed by atoms with Crippen LogP contribution in [0.2, 0.25) is 0 Å². The van der Waals surface area contributed by atoms with Crippen LogP contribution in [-0.4, -0.2) is 46.3 Å². The van der Waals surface area contributed by atoms with Gasteiger partial charge in [-0.15, -0.1) is 0 Å². The topological polar surface area (TPSA) is 87.3 Å². The minimum Gasteiger partial charge on any atom is -0.355 e. The zero-order chi connectivity index (χ0) is 22.7. The van der Waals surface area contributed by atoms with Crippen molar-refractivity contribution < 1.29 is 13.8 Å². The van der Waals surface area contributed by atoms with Gasteiger partial charge in [0.15, 0.2) is 5.78 Å². The second-order valence-corrected chi connectivity index (χ2v) is 12.8. The average molecular weight is 466 g/mol. The van der Waals surface area contributed by atoms with Crippen molar-refractivity contribution in [2.45, 2.75) is 102 Å². The third-order valence-corrected chi connectivity index (χ3v) is 10.1. The van der Waals surface area contributed by atoms with E-state index in [1.807, 2.05) is 0 Å². The Balaban J connectivity index is 1.29. The van der Waals surface area contributed by atoms with Crippen LogP contribution in [0.3, 0.4) is 0 Å². The number of piperidine rings is 1. The minimum absolute atomic E-state index is 0.00131. The van der Waals surface area contributed by atoms with Gasteiger partial charge < -0.3 is 10.6 Å². The molecule has 7 atom stereocenters. The first kappa shape index (κ1) is 24.3. The molecule has 0 bridgehead atoms. The van der Waals surface area contributed by atoms with Crippen LogP contribution in [0.5, 0.6) is 0 Å². The maximum absolute atomic E-state index is 13.3. The normalized spacial score (nSPS) is 39.8. The van der Waals surface area contributed by atoms with Crippen LogP contribution >= 0.6 is 0 Å². The smallest absolute Gasteiger partial charge is 0.231 e. The number of ketones is 1. The third kappa shape index (κ3) is 6.01. The molecule has 4 aliphatic rings. The first-order valence-electron chi connectivity index (χ1n) is 13.1. The van der Waals surface area contributed by atoms with Gasteiger partial charge in [0.05, 0.1) is 11.0 Å². The van der Waals surface area contributed by atoms with E-state index in [0.29, 0.717) is 43.3 Å². The summed E-state index contributed by atoms with van der Waals surface area (Å²) in [7, 11) is -1.12. The lowest BCUT2D eigenvalue weighted by molar-refractivity contribution is -0.139. The summed E-state index contributed by atoms with van der Waals surface area (Å²) in [6, 6.07) is 0.443. The van der Waals surface area contributed by atoms with Crippen LogP contribution in [0.1, 0.15) is 84.5 Å². The Morgan fingerprint density at radius 3 is 2.44 bits per heavy atom. The van der Waals surface area contributed by atoms with Crippen LogP contribution in [0.25, 0.3) is 0 Å². The number of fused-ring (bicyclic) bond motifs is 1. The minimum atomic E-state index is -1.12. The number of carbonyl (C=O) groups is 2. The second-order valence-electron chi connectivity index (χ2n) is 11.3. The summed E-state index contributed by atoms with van der Waals surface area (Å²) >= 11 is 0. The summed E-state index contributed by atoms with van der Waals surface area (Å²) in [4.78, 5) is 26.1. The molecule has 1 aliphatic heterocycles.